The van der Waals surface area contributed by atoms with E-state index in [1.165, 1.54) is 12.1 Å². The van der Waals surface area contributed by atoms with Crippen molar-refractivity contribution in [1.82, 2.24) is 0 Å². The smallest absolute Gasteiger partial charge is 0.255 e. The van der Waals surface area contributed by atoms with E-state index in [-0.39, 0.29) is 18.2 Å². The van der Waals surface area contributed by atoms with Crippen LogP contribution in [0.25, 0.3) is 0 Å². The zero-order chi connectivity index (χ0) is 19.2. The summed E-state index contributed by atoms with van der Waals surface area (Å²) >= 11 is 11.9. The molecule has 0 aliphatic heterocycles. The third-order valence-corrected chi connectivity index (χ3v) is 4.17. The lowest BCUT2D eigenvalue weighted by Gasteiger charge is -2.09. The molecule has 0 unspecified atom stereocenters. The van der Waals surface area contributed by atoms with Crippen LogP contribution in [0.1, 0.15) is 15.9 Å². The van der Waals surface area contributed by atoms with Gasteiger partial charge >= 0.3 is 0 Å². The molecule has 0 bridgehead atoms. The van der Waals surface area contributed by atoms with Crippen molar-refractivity contribution < 1.29 is 9.59 Å². The fraction of sp³-hybridized carbons (Fsp3) is 0.0476. The van der Waals surface area contributed by atoms with Gasteiger partial charge < -0.3 is 10.6 Å². The predicted octanol–water partition coefficient (Wildman–Crippen LogP) is 5.43. The van der Waals surface area contributed by atoms with Gasteiger partial charge in [0.25, 0.3) is 5.91 Å². The van der Waals surface area contributed by atoms with Crippen molar-refractivity contribution in [3.63, 3.8) is 0 Å². The molecule has 0 fully saturated rings. The molecule has 0 spiro atoms. The zero-order valence-electron chi connectivity index (χ0n) is 14.2. The van der Waals surface area contributed by atoms with Crippen LogP contribution >= 0.6 is 23.2 Å². The standard InChI is InChI=1S/C21H16Cl2N2O2/c22-16-10-15(11-17(23)12-16)21(27)25-19-8-4-7-18(13-19)24-20(26)9-14-5-2-1-3-6-14/h1-8,10-13H,9H2,(H,24,26)(H,25,27). The highest BCUT2D eigenvalue weighted by molar-refractivity contribution is 6.35. The molecule has 0 heterocycles. The largest absolute Gasteiger partial charge is 0.326 e. The molecule has 4 nitrogen and oxygen atoms in total. The molecule has 0 radical (unpaired) electrons. The van der Waals surface area contributed by atoms with Crippen LogP contribution in [0.2, 0.25) is 10.0 Å². The van der Waals surface area contributed by atoms with Crippen LogP contribution in [0, 0.1) is 0 Å². The zero-order valence-corrected chi connectivity index (χ0v) is 15.7. The average Bonchev–Trinajstić information content (AvgIpc) is 2.62. The highest BCUT2D eigenvalue weighted by atomic mass is 35.5. The molecule has 3 aromatic carbocycles. The monoisotopic (exact) mass is 398 g/mol. The van der Waals surface area contributed by atoms with E-state index in [1.54, 1.807) is 30.3 Å². The van der Waals surface area contributed by atoms with Gasteiger partial charge in [-0.1, -0.05) is 59.6 Å². The van der Waals surface area contributed by atoms with E-state index in [9.17, 15) is 9.59 Å². The predicted molar refractivity (Wildman–Crippen MR) is 110 cm³/mol. The van der Waals surface area contributed by atoms with Crippen LogP contribution in [-0.2, 0) is 11.2 Å². The third-order valence-electron chi connectivity index (χ3n) is 3.74. The number of nitrogens with one attached hydrogen (secondary N) is 2. The molecule has 0 aliphatic rings. The van der Waals surface area contributed by atoms with Crippen molar-refractivity contribution in [3.05, 3.63) is 94.0 Å². The van der Waals surface area contributed by atoms with E-state index in [2.05, 4.69) is 10.6 Å². The maximum atomic E-state index is 12.4. The van der Waals surface area contributed by atoms with Crippen LogP contribution < -0.4 is 10.6 Å². The molecule has 2 N–H and O–H groups in total. The maximum Gasteiger partial charge on any atom is 0.255 e. The first-order chi connectivity index (χ1) is 13.0. The topological polar surface area (TPSA) is 58.2 Å². The fourth-order valence-corrected chi connectivity index (χ4v) is 3.08. The van der Waals surface area contributed by atoms with Crippen molar-refractivity contribution in [1.29, 1.82) is 0 Å². The van der Waals surface area contributed by atoms with E-state index in [1.807, 2.05) is 30.3 Å². The highest BCUT2D eigenvalue weighted by Crippen LogP contribution is 2.21. The number of carbonyl (C=O) groups excluding carboxylic acids is 2. The lowest BCUT2D eigenvalue weighted by molar-refractivity contribution is -0.115. The molecule has 27 heavy (non-hydrogen) atoms. The molecular weight excluding hydrogens is 383 g/mol. The fourth-order valence-electron chi connectivity index (χ4n) is 2.55. The Morgan fingerprint density at radius 1 is 0.741 bits per heavy atom. The van der Waals surface area contributed by atoms with Crippen LogP contribution in [0.3, 0.4) is 0 Å². The van der Waals surface area contributed by atoms with Gasteiger partial charge in [0.05, 0.1) is 6.42 Å². The van der Waals surface area contributed by atoms with E-state index in [0.29, 0.717) is 27.0 Å². The molecule has 0 aromatic heterocycles. The van der Waals surface area contributed by atoms with Crippen LogP contribution in [0.15, 0.2) is 72.8 Å². The van der Waals surface area contributed by atoms with Crippen LogP contribution in [-0.4, -0.2) is 11.8 Å². The van der Waals surface area contributed by atoms with Gasteiger partial charge in [0.1, 0.15) is 0 Å². The number of amides is 2. The molecular formula is C21H16Cl2N2O2. The summed E-state index contributed by atoms with van der Waals surface area (Å²) in [7, 11) is 0. The molecule has 0 aliphatic carbocycles. The lowest BCUT2D eigenvalue weighted by atomic mass is 10.1. The number of carbonyl (C=O) groups is 2. The molecule has 2 amide bonds. The molecule has 0 saturated carbocycles. The van der Waals surface area contributed by atoms with E-state index in [4.69, 9.17) is 23.2 Å². The Bertz CT molecular complexity index is 955. The van der Waals surface area contributed by atoms with Gasteiger partial charge in [-0.25, -0.2) is 0 Å². The van der Waals surface area contributed by atoms with Gasteiger partial charge in [0.15, 0.2) is 0 Å². The molecule has 6 heteroatoms. The minimum absolute atomic E-state index is 0.133. The number of hydrogen-bond donors (Lipinski definition) is 2. The summed E-state index contributed by atoms with van der Waals surface area (Å²) in [6.45, 7) is 0. The Kier molecular flexibility index (Phi) is 6.12. The van der Waals surface area contributed by atoms with Crippen molar-refractivity contribution in [2.75, 3.05) is 10.6 Å². The highest BCUT2D eigenvalue weighted by Gasteiger charge is 2.10. The molecule has 3 aromatic rings. The minimum Gasteiger partial charge on any atom is -0.326 e. The summed E-state index contributed by atoms with van der Waals surface area (Å²) < 4.78 is 0. The Balaban J connectivity index is 1.66. The molecule has 3 rings (SSSR count). The summed E-state index contributed by atoms with van der Waals surface area (Å²) in [4.78, 5) is 24.6. The Hall–Kier alpha value is -2.82. The van der Waals surface area contributed by atoms with E-state index < -0.39 is 0 Å². The quantitative estimate of drug-likeness (QED) is 0.601. The third kappa shape index (κ3) is 5.58. The van der Waals surface area contributed by atoms with Crippen molar-refractivity contribution in [2.24, 2.45) is 0 Å². The number of hydrogen-bond acceptors (Lipinski definition) is 2. The van der Waals surface area contributed by atoms with Gasteiger partial charge in [-0.05, 0) is 42.0 Å². The maximum absolute atomic E-state index is 12.4. The Morgan fingerprint density at radius 3 is 2.04 bits per heavy atom. The number of halogens is 2. The second kappa shape index (κ2) is 8.71. The number of anilines is 2. The summed E-state index contributed by atoms with van der Waals surface area (Å²) in [6.07, 6.45) is 0.276. The Labute approximate surface area is 167 Å². The van der Waals surface area contributed by atoms with Crippen LogP contribution in [0.4, 0.5) is 11.4 Å². The van der Waals surface area contributed by atoms with Crippen molar-refractivity contribution >= 4 is 46.4 Å². The summed E-state index contributed by atoms with van der Waals surface area (Å²) in [5, 5.41) is 6.37. The molecule has 0 saturated heterocycles. The molecule has 0 atom stereocenters. The summed E-state index contributed by atoms with van der Waals surface area (Å²) in [5.41, 5.74) is 2.43. The van der Waals surface area contributed by atoms with Crippen molar-refractivity contribution in [3.8, 4) is 0 Å². The second-order valence-electron chi connectivity index (χ2n) is 5.90. The summed E-state index contributed by atoms with van der Waals surface area (Å²) in [5.74, 6) is -0.474. The normalized spacial score (nSPS) is 10.3. The van der Waals surface area contributed by atoms with Crippen LogP contribution in [0.5, 0.6) is 0 Å². The van der Waals surface area contributed by atoms with Gasteiger partial charge in [0.2, 0.25) is 5.91 Å². The first-order valence-corrected chi connectivity index (χ1v) is 8.96. The van der Waals surface area contributed by atoms with Gasteiger partial charge in [0, 0.05) is 27.0 Å². The number of rotatable bonds is 5. The average molecular weight is 399 g/mol. The van der Waals surface area contributed by atoms with Gasteiger partial charge in [-0.3, -0.25) is 9.59 Å². The second-order valence-corrected chi connectivity index (χ2v) is 6.78. The molecule has 136 valence electrons. The van der Waals surface area contributed by atoms with Gasteiger partial charge in [-0.2, -0.15) is 0 Å². The Morgan fingerprint density at radius 2 is 1.37 bits per heavy atom. The first-order valence-electron chi connectivity index (χ1n) is 8.21. The number of benzene rings is 3. The first kappa shape index (κ1) is 19.0. The lowest BCUT2D eigenvalue weighted by Crippen LogP contribution is -2.15. The minimum atomic E-state index is -0.341. The van der Waals surface area contributed by atoms with E-state index in [0.717, 1.165) is 5.56 Å². The summed E-state index contributed by atoms with van der Waals surface area (Å²) in [6, 6.07) is 21.0. The SMILES string of the molecule is O=C(Cc1ccccc1)Nc1cccc(NC(=O)c2cc(Cl)cc(Cl)c2)c1. The van der Waals surface area contributed by atoms with Crippen molar-refractivity contribution in [2.45, 2.75) is 6.42 Å². The van der Waals surface area contributed by atoms with Gasteiger partial charge in [-0.15, -0.1) is 0 Å². The van der Waals surface area contributed by atoms with E-state index >= 15 is 0 Å².